The Kier molecular flexibility index (Phi) is 4.09. The van der Waals surface area contributed by atoms with Gasteiger partial charge in [0.05, 0.1) is 6.04 Å². The third-order valence-corrected chi connectivity index (χ3v) is 4.27. The van der Waals surface area contributed by atoms with Crippen LogP contribution in [0.5, 0.6) is 0 Å². The van der Waals surface area contributed by atoms with Gasteiger partial charge in [0.15, 0.2) is 5.84 Å². The van der Waals surface area contributed by atoms with E-state index in [1.807, 2.05) is 19.1 Å². The molecule has 0 aliphatic carbocycles. The minimum Gasteiger partial charge on any atom is -0.409 e. The minimum absolute atomic E-state index is 0.0790. The van der Waals surface area contributed by atoms with Crippen molar-refractivity contribution in [3.63, 3.8) is 0 Å². The number of amidine groups is 1. The van der Waals surface area contributed by atoms with Crippen molar-refractivity contribution < 1.29 is 10.0 Å². The van der Waals surface area contributed by atoms with Crippen LogP contribution in [0.2, 0.25) is 0 Å². The monoisotopic (exact) mass is 325 g/mol. The van der Waals surface area contributed by atoms with E-state index in [0.29, 0.717) is 12.1 Å². The highest BCUT2D eigenvalue weighted by Crippen LogP contribution is 2.23. The average Bonchev–Trinajstić information content (AvgIpc) is 2.89. The molecule has 6 heteroatoms. The molecule has 0 aromatic heterocycles. The molecule has 3 N–H and O–H groups in total. The van der Waals surface area contributed by atoms with Gasteiger partial charge < -0.3 is 15.8 Å². The topological polar surface area (TPSA) is 78.9 Å². The number of carbonyl (C=O) groups excluding carboxylic acids is 1. The summed E-state index contributed by atoms with van der Waals surface area (Å²) in [5.41, 5.74) is 7.27. The fraction of sp³-hybridized carbons (Fsp3) is 0.385. The fourth-order valence-electron chi connectivity index (χ4n) is 2.33. The van der Waals surface area contributed by atoms with Gasteiger partial charge >= 0.3 is 0 Å². The van der Waals surface area contributed by atoms with Gasteiger partial charge in [0.25, 0.3) is 5.91 Å². The van der Waals surface area contributed by atoms with E-state index in [-0.39, 0.29) is 17.8 Å². The summed E-state index contributed by atoms with van der Waals surface area (Å²) in [6.45, 7) is 2.57. The third-order valence-electron chi connectivity index (χ3n) is 3.38. The van der Waals surface area contributed by atoms with Gasteiger partial charge in [0.2, 0.25) is 0 Å². The lowest BCUT2D eigenvalue weighted by Gasteiger charge is -2.23. The van der Waals surface area contributed by atoms with Crippen molar-refractivity contribution in [2.24, 2.45) is 10.9 Å². The van der Waals surface area contributed by atoms with Crippen molar-refractivity contribution in [3.05, 3.63) is 33.8 Å². The number of carbonyl (C=O) groups is 1. The number of nitrogens with two attached hydrogens (primary N) is 1. The van der Waals surface area contributed by atoms with Crippen LogP contribution < -0.4 is 5.73 Å². The molecule has 102 valence electrons. The van der Waals surface area contributed by atoms with Gasteiger partial charge in [-0.2, -0.15) is 0 Å². The second-order valence-corrected chi connectivity index (χ2v) is 5.50. The SMILES string of the molecule is Cc1cc(C(=O)N2CCCC2/C(N)=N/O)ccc1Br. The first kappa shape index (κ1) is 13.9. The summed E-state index contributed by atoms with van der Waals surface area (Å²) < 4.78 is 0.971. The van der Waals surface area contributed by atoms with E-state index in [0.717, 1.165) is 22.9 Å². The average molecular weight is 326 g/mol. The van der Waals surface area contributed by atoms with Crippen molar-refractivity contribution in [1.29, 1.82) is 0 Å². The molecule has 1 aliphatic heterocycles. The van der Waals surface area contributed by atoms with Crippen LogP contribution in [0.25, 0.3) is 0 Å². The summed E-state index contributed by atoms with van der Waals surface area (Å²) in [5.74, 6) is 0.0179. The Hall–Kier alpha value is -1.56. The molecule has 1 saturated heterocycles. The van der Waals surface area contributed by atoms with Crippen LogP contribution in [0.3, 0.4) is 0 Å². The van der Waals surface area contributed by atoms with Crippen molar-refractivity contribution in [2.75, 3.05) is 6.54 Å². The predicted octanol–water partition coefficient (Wildman–Crippen LogP) is 2.11. The smallest absolute Gasteiger partial charge is 0.254 e. The largest absolute Gasteiger partial charge is 0.409 e. The number of oxime groups is 1. The predicted molar refractivity (Wildman–Crippen MR) is 76.3 cm³/mol. The number of hydrogen-bond donors (Lipinski definition) is 2. The normalized spacial score (nSPS) is 19.8. The lowest BCUT2D eigenvalue weighted by molar-refractivity contribution is 0.0768. The third kappa shape index (κ3) is 2.73. The van der Waals surface area contributed by atoms with Crippen molar-refractivity contribution in [3.8, 4) is 0 Å². The van der Waals surface area contributed by atoms with E-state index in [1.165, 1.54) is 0 Å². The Bertz CT molecular complexity index is 531. The number of nitrogens with zero attached hydrogens (tertiary/aromatic N) is 2. The first-order chi connectivity index (χ1) is 9.04. The van der Waals surface area contributed by atoms with Gasteiger partial charge in [-0.1, -0.05) is 21.1 Å². The van der Waals surface area contributed by atoms with E-state index in [1.54, 1.807) is 11.0 Å². The van der Waals surface area contributed by atoms with Crippen LogP contribution in [0.4, 0.5) is 0 Å². The zero-order valence-corrected chi connectivity index (χ0v) is 12.2. The highest BCUT2D eigenvalue weighted by atomic mass is 79.9. The standard InChI is InChI=1S/C13H16BrN3O2/c1-8-7-9(4-5-10(8)14)13(18)17-6-2-3-11(17)12(15)16-19/h4-5,7,11,19H,2-3,6H2,1H3,(H2,15,16). The number of amides is 1. The van der Waals surface area contributed by atoms with Gasteiger partial charge in [-0.25, -0.2) is 0 Å². The Labute approximate surface area is 120 Å². The maximum atomic E-state index is 12.5. The van der Waals surface area contributed by atoms with E-state index in [9.17, 15) is 4.79 Å². The molecule has 1 aromatic carbocycles. The Morgan fingerprint density at radius 2 is 2.32 bits per heavy atom. The molecule has 1 fully saturated rings. The van der Waals surface area contributed by atoms with E-state index in [2.05, 4.69) is 21.1 Å². The quantitative estimate of drug-likeness (QED) is 0.378. The molecular formula is C13H16BrN3O2. The summed E-state index contributed by atoms with van der Waals surface area (Å²) in [6, 6.07) is 5.17. The van der Waals surface area contributed by atoms with Gasteiger partial charge in [-0.3, -0.25) is 4.79 Å². The summed E-state index contributed by atoms with van der Waals surface area (Å²) in [6.07, 6.45) is 1.60. The van der Waals surface area contributed by atoms with Crippen LogP contribution in [0.1, 0.15) is 28.8 Å². The molecule has 0 spiro atoms. The fourth-order valence-corrected chi connectivity index (χ4v) is 2.57. The van der Waals surface area contributed by atoms with E-state index < -0.39 is 0 Å². The maximum absolute atomic E-state index is 12.5. The van der Waals surface area contributed by atoms with Gasteiger partial charge in [-0.05, 0) is 43.5 Å². The second kappa shape index (κ2) is 5.61. The number of benzene rings is 1. The van der Waals surface area contributed by atoms with Crippen molar-refractivity contribution in [2.45, 2.75) is 25.8 Å². The minimum atomic E-state index is -0.304. The number of halogens is 1. The molecule has 1 heterocycles. The molecule has 19 heavy (non-hydrogen) atoms. The first-order valence-corrected chi connectivity index (χ1v) is 6.88. The zero-order valence-electron chi connectivity index (χ0n) is 10.6. The second-order valence-electron chi connectivity index (χ2n) is 4.65. The van der Waals surface area contributed by atoms with Crippen molar-refractivity contribution in [1.82, 2.24) is 4.90 Å². The molecule has 1 amide bonds. The Morgan fingerprint density at radius 1 is 1.58 bits per heavy atom. The van der Waals surface area contributed by atoms with Gasteiger partial charge in [-0.15, -0.1) is 0 Å². The zero-order chi connectivity index (χ0) is 14.0. The Balaban J connectivity index is 2.25. The van der Waals surface area contributed by atoms with Gasteiger partial charge in [0, 0.05) is 16.6 Å². The molecule has 5 nitrogen and oxygen atoms in total. The molecule has 1 aromatic rings. The molecule has 0 bridgehead atoms. The van der Waals surface area contributed by atoms with Crippen molar-refractivity contribution >= 4 is 27.7 Å². The molecular weight excluding hydrogens is 310 g/mol. The summed E-state index contributed by atoms with van der Waals surface area (Å²) in [5, 5.41) is 11.8. The molecule has 0 saturated carbocycles. The van der Waals surface area contributed by atoms with Crippen LogP contribution in [0, 0.1) is 6.92 Å². The highest BCUT2D eigenvalue weighted by Gasteiger charge is 2.32. The lowest BCUT2D eigenvalue weighted by Crippen LogP contribution is -2.43. The number of aryl methyl sites for hydroxylation is 1. The van der Waals surface area contributed by atoms with Crippen LogP contribution in [-0.4, -0.2) is 34.4 Å². The van der Waals surface area contributed by atoms with Crippen LogP contribution in [0.15, 0.2) is 27.8 Å². The number of rotatable bonds is 2. The number of likely N-dealkylation sites (tertiary alicyclic amines) is 1. The van der Waals surface area contributed by atoms with E-state index >= 15 is 0 Å². The van der Waals surface area contributed by atoms with Crippen LogP contribution >= 0.6 is 15.9 Å². The first-order valence-electron chi connectivity index (χ1n) is 6.09. The van der Waals surface area contributed by atoms with E-state index in [4.69, 9.17) is 10.9 Å². The highest BCUT2D eigenvalue weighted by molar-refractivity contribution is 9.10. The number of hydrogen-bond acceptors (Lipinski definition) is 3. The van der Waals surface area contributed by atoms with Gasteiger partial charge in [0.1, 0.15) is 0 Å². The lowest BCUT2D eigenvalue weighted by atomic mass is 10.1. The van der Waals surface area contributed by atoms with Crippen LogP contribution in [-0.2, 0) is 0 Å². The Morgan fingerprint density at radius 3 is 2.95 bits per heavy atom. The molecule has 1 unspecified atom stereocenters. The molecule has 2 rings (SSSR count). The summed E-state index contributed by atoms with van der Waals surface area (Å²) in [7, 11) is 0. The maximum Gasteiger partial charge on any atom is 0.254 e. The summed E-state index contributed by atoms with van der Waals surface area (Å²) in [4.78, 5) is 14.1. The molecule has 1 atom stereocenters. The molecule has 1 aliphatic rings. The summed E-state index contributed by atoms with van der Waals surface area (Å²) >= 11 is 3.41. The molecule has 0 radical (unpaired) electrons.